The van der Waals surface area contributed by atoms with Gasteiger partial charge in [0, 0.05) is 55.6 Å². The molecule has 0 spiro atoms. The predicted molar refractivity (Wildman–Crippen MR) is 149 cm³/mol. The van der Waals surface area contributed by atoms with Gasteiger partial charge in [-0.3, -0.25) is 9.21 Å². The van der Waals surface area contributed by atoms with E-state index in [-0.39, 0.29) is 17.4 Å². The summed E-state index contributed by atoms with van der Waals surface area (Å²) in [5, 5.41) is 3.38. The molecule has 1 saturated heterocycles. The molecule has 210 valence electrons. The molecule has 13 heteroatoms. The first-order chi connectivity index (χ1) is 19.1. The van der Waals surface area contributed by atoms with Crippen molar-refractivity contribution in [1.29, 1.82) is 0 Å². The van der Waals surface area contributed by atoms with Gasteiger partial charge in [0.15, 0.2) is 5.82 Å². The van der Waals surface area contributed by atoms with Gasteiger partial charge < -0.3 is 9.88 Å². The van der Waals surface area contributed by atoms with Gasteiger partial charge in [-0.15, -0.1) is 0 Å². The molecule has 0 amide bonds. The highest BCUT2D eigenvalue weighted by molar-refractivity contribution is 7.92. The van der Waals surface area contributed by atoms with Crippen molar-refractivity contribution in [3.05, 3.63) is 54.9 Å². The lowest BCUT2D eigenvalue weighted by atomic mass is 10.0. The first kappa shape index (κ1) is 26.7. The van der Waals surface area contributed by atoms with Gasteiger partial charge in [-0.2, -0.15) is 9.97 Å². The minimum atomic E-state index is -3.79. The van der Waals surface area contributed by atoms with Gasteiger partial charge >= 0.3 is 5.95 Å². The summed E-state index contributed by atoms with van der Waals surface area (Å²) in [6.07, 6.45) is 11.3. The summed E-state index contributed by atoms with van der Waals surface area (Å²) in [6, 6.07) is 2.46. The van der Waals surface area contributed by atoms with Crippen molar-refractivity contribution in [2.24, 2.45) is 5.92 Å². The fourth-order valence-electron chi connectivity index (χ4n) is 5.37. The van der Waals surface area contributed by atoms with Crippen LogP contribution in [-0.4, -0.2) is 71.9 Å². The van der Waals surface area contributed by atoms with Gasteiger partial charge in [0.1, 0.15) is 23.3 Å². The van der Waals surface area contributed by atoms with Crippen molar-refractivity contribution in [2.75, 3.05) is 37.7 Å². The third-order valence-corrected chi connectivity index (χ3v) is 9.30. The lowest BCUT2D eigenvalue weighted by molar-refractivity contribution is 0.227. The molecule has 0 unspecified atom stereocenters. The molecule has 3 aromatic heterocycles. The first-order valence-electron chi connectivity index (χ1n) is 13.3. The van der Waals surface area contributed by atoms with E-state index in [9.17, 15) is 8.42 Å². The lowest BCUT2D eigenvalue weighted by Gasteiger charge is -2.37. The largest absolute Gasteiger partial charge is 0.329 e. The van der Waals surface area contributed by atoms with Crippen LogP contribution >= 0.6 is 0 Å². The second-order valence-corrected chi connectivity index (χ2v) is 12.8. The fourth-order valence-corrected chi connectivity index (χ4v) is 6.90. The highest BCUT2D eigenvalue weighted by Crippen LogP contribution is 2.36. The van der Waals surface area contributed by atoms with Crippen LogP contribution in [0.2, 0.25) is 0 Å². The summed E-state index contributed by atoms with van der Waals surface area (Å²) in [5.74, 6) is -1.32. The minimum Gasteiger partial charge on any atom is -0.316 e. The number of benzene rings is 1. The van der Waals surface area contributed by atoms with Crippen LogP contribution in [0.15, 0.2) is 43.2 Å². The molecular formula is C27H31F2N8O2S+. The molecule has 1 saturated carbocycles. The average Bonchev–Trinajstić information content (AvgIpc) is 3.68. The molecule has 1 aromatic carbocycles. The molecule has 10 nitrogen and oxygen atoms in total. The van der Waals surface area contributed by atoms with E-state index in [1.54, 1.807) is 24.8 Å². The van der Waals surface area contributed by atoms with Crippen molar-refractivity contribution in [3.63, 3.8) is 0 Å². The normalized spacial score (nSPS) is 16.9. The van der Waals surface area contributed by atoms with Crippen LogP contribution < -0.4 is 14.5 Å². The number of hydrogen-bond donors (Lipinski definition) is 2. The number of quaternary nitrogens is 1. The Hall–Kier alpha value is -3.55. The molecule has 0 radical (unpaired) electrons. The molecule has 40 heavy (non-hydrogen) atoms. The molecule has 2 N–H and O–H groups in total. The number of nitrogens with zero attached hydrogens (tertiary/aromatic N) is 6. The van der Waals surface area contributed by atoms with Crippen LogP contribution in [0.3, 0.4) is 0 Å². The van der Waals surface area contributed by atoms with E-state index in [1.807, 2.05) is 0 Å². The summed E-state index contributed by atoms with van der Waals surface area (Å²) in [4.78, 5) is 17.8. The van der Waals surface area contributed by atoms with Gasteiger partial charge in [0.2, 0.25) is 10.0 Å². The van der Waals surface area contributed by atoms with Crippen LogP contribution in [-0.2, 0) is 10.0 Å². The van der Waals surface area contributed by atoms with Gasteiger partial charge in [-0.1, -0.05) is 0 Å². The smallest absolute Gasteiger partial charge is 0.316 e. The van der Waals surface area contributed by atoms with Crippen molar-refractivity contribution in [3.8, 4) is 16.8 Å². The number of sulfonamides is 1. The second kappa shape index (κ2) is 10.1. The van der Waals surface area contributed by atoms with Crippen LogP contribution in [0.5, 0.6) is 0 Å². The number of piperidine rings is 1. The monoisotopic (exact) mass is 569 g/mol. The Bertz CT molecular complexity index is 1670. The SMILES string of the molecule is C[N+](C)(c1ncc2c(n1)c(-c1cncnc1)cn2-c1c(F)ccc(NS(=O)(=O)CC2CC2)c1F)C1CCNCC1. The van der Waals surface area contributed by atoms with E-state index < -0.39 is 27.3 Å². The Labute approximate surface area is 231 Å². The maximum Gasteiger partial charge on any atom is 0.329 e. The van der Waals surface area contributed by atoms with Crippen molar-refractivity contribution in [1.82, 2.24) is 34.3 Å². The van der Waals surface area contributed by atoms with E-state index in [0.29, 0.717) is 38.6 Å². The van der Waals surface area contributed by atoms with Gasteiger partial charge in [0.25, 0.3) is 0 Å². The number of hydrogen-bond acceptors (Lipinski definition) is 7. The van der Waals surface area contributed by atoms with Crippen LogP contribution in [0.25, 0.3) is 27.8 Å². The van der Waals surface area contributed by atoms with E-state index in [1.165, 1.54) is 10.9 Å². The average molecular weight is 570 g/mol. The Morgan fingerprint density at radius 1 is 1.07 bits per heavy atom. The minimum absolute atomic E-state index is 0.0726. The van der Waals surface area contributed by atoms with E-state index in [4.69, 9.17) is 4.98 Å². The summed E-state index contributed by atoms with van der Waals surface area (Å²) in [6.45, 7) is 1.83. The number of halogens is 2. The van der Waals surface area contributed by atoms with Gasteiger partial charge in [-0.05, 0) is 30.9 Å². The number of aromatic nitrogens is 5. The standard InChI is InChI=1S/C27H31F2N8O2S/c1-37(2,19-7-9-30-10-8-19)27-33-13-23-25(34-27)20(18-11-31-16-32-12-18)14-36(23)26-21(28)5-6-22(24(26)29)35-40(38,39)15-17-3-4-17/h5-6,11-14,16-17,19,30,35H,3-4,7-10,15H2,1-2H3/q+1. The van der Waals surface area contributed by atoms with Gasteiger partial charge in [-0.25, -0.2) is 27.2 Å². The summed E-state index contributed by atoms with van der Waals surface area (Å²) < 4.78 is 60.4. The maximum absolute atomic E-state index is 15.9. The van der Waals surface area contributed by atoms with Crippen molar-refractivity contribution >= 4 is 32.7 Å². The third kappa shape index (κ3) is 5.04. The van der Waals surface area contributed by atoms with Crippen molar-refractivity contribution in [2.45, 2.75) is 31.7 Å². The van der Waals surface area contributed by atoms with Gasteiger partial charge in [0.05, 0.1) is 43.3 Å². The third-order valence-electron chi connectivity index (χ3n) is 7.86. The molecule has 2 aliphatic rings. The number of rotatable bonds is 8. The molecule has 1 aliphatic heterocycles. The summed E-state index contributed by atoms with van der Waals surface area (Å²) in [5.41, 5.74) is 1.29. The van der Waals surface area contributed by atoms with E-state index in [2.05, 4.69) is 39.1 Å². The molecule has 0 atom stereocenters. The Balaban J connectivity index is 1.49. The van der Waals surface area contributed by atoms with Crippen LogP contribution in [0, 0.1) is 17.6 Å². The fraction of sp³-hybridized carbons (Fsp3) is 0.407. The Morgan fingerprint density at radius 3 is 2.50 bits per heavy atom. The second-order valence-electron chi connectivity index (χ2n) is 11.0. The highest BCUT2D eigenvalue weighted by Gasteiger charge is 2.35. The number of fused-ring (bicyclic) bond motifs is 1. The molecule has 6 rings (SSSR count). The quantitative estimate of drug-likeness (QED) is 0.312. The van der Waals surface area contributed by atoms with E-state index in [0.717, 1.165) is 50.9 Å². The molecule has 4 aromatic rings. The summed E-state index contributed by atoms with van der Waals surface area (Å²) >= 11 is 0. The molecular weight excluding hydrogens is 538 g/mol. The first-order valence-corrected chi connectivity index (χ1v) is 15.0. The van der Waals surface area contributed by atoms with Crippen LogP contribution in [0.4, 0.5) is 20.4 Å². The zero-order valence-corrected chi connectivity index (χ0v) is 23.1. The topological polar surface area (TPSA) is 115 Å². The zero-order chi connectivity index (χ0) is 28.1. The predicted octanol–water partition coefficient (Wildman–Crippen LogP) is 3.63. The van der Waals surface area contributed by atoms with E-state index >= 15 is 8.78 Å². The lowest BCUT2D eigenvalue weighted by Crippen LogP contribution is -2.54. The Kier molecular flexibility index (Phi) is 6.75. The Morgan fingerprint density at radius 2 is 1.80 bits per heavy atom. The molecule has 1 aliphatic carbocycles. The molecule has 0 bridgehead atoms. The molecule has 4 heterocycles. The number of nitrogens with one attached hydrogen (secondary N) is 2. The number of anilines is 1. The maximum atomic E-state index is 15.9. The van der Waals surface area contributed by atoms with Crippen molar-refractivity contribution < 1.29 is 17.2 Å². The zero-order valence-electron chi connectivity index (χ0n) is 22.3. The van der Waals surface area contributed by atoms with Crippen LogP contribution in [0.1, 0.15) is 25.7 Å². The highest BCUT2D eigenvalue weighted by atomic mass is 32.2. The molecule has 2 fully saturated rings. The summed E-state index contributed by atoms with van der Waals surface area (Å²) in [7, 11) is 0.343.